The fourth-order valence-electron chi connectivity index (χ4n) is 1.14. The predicted octanol–water partition coefficient (Wildman–Crippen LogP) is 1.99. The highest BCUT2D eigenvalue weighted by Gasteiger charge is 2.39. The van der Waals surface area contributed by atoms with Gasteiger partial charge in [-0.3, -0.25) is 0 Å². The summed E-state index contributed by atoms with van der Waals surface area (Å²) in [6.07, 6.45) is -6.23. The smallest absolute Gasteiger partial charge is 0.418 e. The van der Waals surface area contributed by atoms with Gasteiger partial charge >= 0.3 is 6.18 Å². The molecule has 0 aliphatic carbocycles. The van der Waals surface area contributed by atoms with Crippen LogP contribution in [0.2, 0.25) is 0 Å². The van der Waals surface area contributed by atoms with E-state index < -0.39 is 12.3 Å². The van der Waals surface area contributed by atoms with Crippen LogP contribution in [0.3, 0.4) is 0 Å². The molecule has 1 rings (SSSR count). The minimum absolute atomic E-state index is 0.244. The van der Waals surface area contributed by atoms with Crippen LogP contribution in [0.4, 0.5) is 13.2 Å². The summed E-state index contributed by atoms with van der Waals surface area (Å²) in [5.74, 6) is 0.244. The van der Waals surface area contributed by atoms with Crippen molar-refractivity contribution in [3.8, 4) is 5.88 Å². The molecule has 0 aliphatic heterocycles. The van der Waals surface area contributed by atoms with E-state index in [1.165, 1.54) is 13.2 Å². The maximum atomic E-state index is 12.1. The van der Waals surface area contributed by atoms with Crippen molar-refractivity contribution in [3.05, 3.63) is 23.4 Å². The van der Waals surface area contributed by atoms with Gasteiger partial charge in [0.05, 0.1) is 7.11 Å². The lowest BCUT2D eigenvalue weighted by molar-refractivity contribution is -0.206. The molecule has 0 bridgehead atoms. The monoisotopic (exact) mass is 221 g/mol. The van der Waals surface area contributed by atoms with Crippen LogP contribution >= 0.6 is 0 Å². The topological polar surface area (TPSA) is 42.4 Å². The van der Waals surface area contributed by atoms with Gasteiger partial charge in [0.15, 0.2) is 6.10 Å². The molecule has 0 amide bonds. The first kappa shape index (κ1) is 11.8. The van der Waals surface area contributed by atoms with Gasteiger partial charge in [-0.25, -0.2) is 4.98 Å². The van der Waals surface area contributed by atoms with Crippen LogP contribution in [0.25, 0.3) is 0 Å². The summed E-state index contributed by atoms with van der Waals surface area (Å²) >= 11 is 0. The SMILES string of the molecule is COc1ncc([C@H](O)C(F)(F)F)cc1C. The molecule has 1 heterocycles. The average Bonchev–Trinajstić information content (AvgIpc) is 2.15. The third-order valence-corrected chi connectivity index (χ3v) is 1.87. The third kappa shape index (κ3) is 2.59. The van der Waals surface area contributed by atoms with Crippen LogP contribution < -0.4 is 4.74 Å². The Labute approximate surface area is 84.5 Å². The number of alkyl halides is 3. The second-order valence-corrected chi connectivity index (χ2v) is 3.04. The van der Waals surface area contributed by atoms with Gasteiger partial charge in [0.25, 0.3) is 0 Å². The molecule has 15 heavy (non-hydrogen) atoms. The number of aryl methyl sites for hydroxylation is 1. The zero-order valence-electron chi connectivity index (χ0n) is 8.17. The normalized spacial score (nSPS) is 13.7. The summed E-state index contributed by atoms with van der Waals surface area (Å²) in [5, 5.41) is 8.94. The number of ether oxygens (including phenoxy) is 1. The van der Waals surface area contributed by atoms with E-state index in [4.69, 9.17) is 9.84 Å². The molecule has 1 N–H and O–H groups in total. The van der Waals surface area contributed by atoms with Crippen LogP contribution in [-0.4, -0.2) is 23.4 Å². The van der Waals surface area contributed by atoms with Crippen molar-refractivity contribution in [2.24, 2.45) is 0 Å². The first-order valence-electron chi connectivity index (χ1n) is 4.11. The number of aliphatic hydroxyl groups excluding tert-OH is 1. The van der Waals surface area contributed by atoms with Crippen molar-refractivity contribution in [2.45, 2.75) is 19.2 Å². The molecule has 1 aromatic rings. The van der Waals surface area contributed by atoms with E-state index in [-0.39, 0.29) is 11.4 Å². The Kier molecular flexibility index (Phi) is 3.18. The zero-order valence-corrected chi connectivity index (χ0v) is 8.17. The highest BCUT2D eigenvalue weighted by atomic mass is 19.4. The highest BCUT2D eigenvalue weighted by Crippen LogP contribution is 2.33. The molecule has 84 valence electrons. The average molecular weight is 221 g/mol. The van der Waals surface area contributed by atoms with E-state index in [1.807, 2.05) is 0 Å². The Morgan fingerprint density at radius 1 is 1.47 bits per heavy atom. The number of aliphatic hydroxyl groups is 1. The Hall–Kier alpha value is -1.30. The van der Waals surface area contributed by atoms with Crippen molar-refractivity contribution in [1.82, 2.24) is 4.98 Å². The minimum Gasteiger partial charge on any atom is -0.481 e. The van der Waals surface area contributed by atoms with Gasteiger partial charge in [-0.05, 0) is 13.0 Å². The fraction of sp³-hybridized carbons (Fsp3) is 0.444. The molecule has 6 heteroatoms. The molecule has 0 unspecified atom stereocenters. The molecule has 0 spiro atoms. The maximum absolute atomic E-state index is 12.1. The van der Waals surface area contributed by atoms with Gasteiger partial charge in [0, 0.05) is 17.3 Å². The summed E-state index contributed by atoms with van der Waals surface area (Å²) in [6, 6.07) is 1.20. The lowest BCUT2D eigenvalue weighted by Crippen LogP contribution is -2.20. The molecular formula is C9H10F3NO2. The van der Waals surface area contributed by atoms with Gasteiger partial charge in [-0.1, -0.05) is 0 Å². The van der Waals surface area contributed by atoms with Crippen LogP contribution in [0.5, 0.6) is 5.88 Å². The van der Waals surface area contributed by atoms with Gasteiger partial charge in [0.1, 0.15) is 0 Å². The number of hydrogen-bond donors (Lipinski definition) is 1. The summed E-state index contributed by atoms with van der Waals surface area (Å²) < 4.78 is 41.2. The van der Waals surface area contributed by atoms with Crippen molar-refractivity contribution < 1.29 is 23.0 Å². The summed E-state index contributed by atoms with van der Waals surface area (Å²) in [6.45, 7) is 1.55. The molecular weight excluding hydrogens is 211 g/mol. The Bertz CT molecular complexity index is 352. The molecule has 0 radical (unpaired) electrons. The molecule has 0 saturated heterocycles. The van der Waals surface area contributed by atoms with E-state index in [0.29, 0.717) is 5.56 Å². The largest absolute Gasteiger partial charge is 0.481 e. The van der Waals surface area contributed by atoms with Crippen LogP contribution in [0, 0.1) is 6.92 Å². The van der Waals surface area contributed by atoms with Gasteiger partial charge in [-0.2, -0.15) is 13.2 Å². The maximum Gasteiger partial charge on any atom is 0.418 e. The second kappa shape index (κ2) is 4.06. The second-order valence-electron chi connectivity index (χ2n) is 3.04. The van der Waals surface area contributed by atoms with E-state index in [9.17, 15) is 13.2 Å². The molecule has 3 nitrogen and oxygen atoms in total. The van der Waals surface area contributed by atoms with Crippen molar-refractivity contribution >= 4 is 0 Å². The lowest BCUT2D eigenvalue weighted by atomic mass is 10.1. The number of methoxy groups -OCH3 is 1. The summed E-state index contributed by atoms with van der Waals surface area (Å²) in [5.41, 5.74) is 0.152. The number of halogens is 3. The van der Waals surface area contributed by atoms with Crippen molar-refractivity contribution in [3.63, 3.8) is 0 Å². The van der Waals surface area contributed by atoms with E-state index >= 15 is 0 Å². The Morgan fingerprint density at radius 2 is 2.07 bits per heavy atom. The number of nitrogens with zero attached hydrogens (tertiary/aromatic N) is 1. The quantitative estimate of drug-likeness (QED) is 0.830. The van der Waals surface area contributed by atoms with Crippen LogP contribution in [0.1, 0.15) is 17.2 Å². The Morgan fingerprint density at radius 3 is 2.47 bits per heavy atom. The fourth-order valence-corrected chi connectivity index (χ4v) is 1.14. The van der Waals surface area contributed by atoms with Crippen LogP contribution in [-0.2, 0) is 0 Å². The van der Waals surface area contributed by atoms with E-state index in [0.717, 1.165) is 6.20 Å². The number of rotatable bonds is 2. The molecule has 0 saturated carbocycles. The molecule has 1 atom stereocenters. The lowest BCUT2D eigenvalue weighted by Gasteiger charge is -2.15. The first-order chi connectivity index (χ1) is 6.86. The molecule has 0 fully saturated rings. The molecule has 0 aromatic carbocycles. The molecule has 0 aliphatic rings. The number of aromatic nitrogens is 1. The summed E-state index contributed by atoms with van der Waals surface area (Å²) in [4.78, 5) is 3.65. The van der Waals surface area contributed by atoms with E-state index in [2.05, 4.69) is 4.98 Å². The standard InChI is InChI=1S/C9H10F3NO2/c1-5-3-6(4-13-8(5)15-2)7(14)9(10,11)12/h3-4,7,14H,1-2H3/t7-/m0/s1. The van der Waals surface area contributed by atoms with Gasteiger partial charge in [0.2, 0.25) is 5.88 Å². The third-order valence-electron chi connectivity index (χ3n) is 1.87. The zero-order chi connectivity index (χ0) is 11.6. The summed E-state index contributed by atoms with van der Waals surface area (Å²) in [7, 11) is 1.37. The van der Waals surface area contributed by atoms with E-state index in [1.54, 1.807) is 6.92 Å². The molecule has 1 aromatic heterocycles. The highest BCUT2D eigenvalue weighted by molar-refractivity contribution is 5.30. The predicted molar refractivity (Wildman–Crippen MR) is 46.5 cm³/mol. The Balaban J connectivity index is 3.02. The van der Waals surface area contributed by atoms with Crippen molar-refractivity contribution in [1.29, 1.82) is 0 Å². The number of pyridine rings is 1. The van der Waals surface area contributed by atoms with Crippen molar-refractivity contribution in [2.75, 3.05) is 7.11 Å². The number of hydrogen-bond acceptors (Lipinski definition) is 3. The first-order valence-corrected chi connectivity index (χ1v) is 4.11. The minimum atomic E-state index is -4.68. The van der Waals surface area contributed by atoms with Gasteiger partial charge in [-0.15, -0.1) is 0 Å². The van der Waals surface area contributed by atoms with Gasteiger partial charge < -0.3 is 9.84 Å². The van der Waals surface area contributed by atoms with Crippen LogP contribution in [0.15, 0.2) is 12.3 Å².